The molecule has 118 valence electrons. The van der Waals surface area contributed by atoms with Crippen molar-refractivity contribution in [3.8, 4) is 0 Å². The third-order valence-corrected chi connectivity index (χ3v) is 4.64. The van der Waals surface area contributed by atoms with Gasteiger partial charge in [0.2, 0.25) is 0 Å². The Hall–Kier alpha value is -0.160. The Kier molecular flexibility index (Phi) is 6.27. The molecule has 0 radical (unpaired) electrons. The summed E-state index contributed by atoms with van der Waals surface area (Å²) in [6.07, 6.45) is 1.67. The molecule has 2 heterocycles. The molecule has 0 aliphatic carbocycles. The highest BCUT2D eigenvalue weighted by atomic mass is 16.5. The van der Waals surface area contributed by atoms with Gasteiger partial charge in [0.25, 0.3) is 0 Å². The van der Waals surface area contributed by atoms with E-state index in [1.807, 2.05) is 0 Å². The number of likely N-dealkylation sites (N-methyl/N-ethyl adjacent to an activating group) is 1. The molecule has 4 nitrogen and oxygen atoms in total. The van der Waals surface area contributed by atoms with E-state index >= 15 is 0 Å². The first kappa shape index (κ1) is 16.2. The first-order valence-electron chi connectivity index (χ1n) is 8.39. The number of nitrogens with one attached hydrogen (secondary N) is 1. The maximum Gasteiger partial charge on any atom is 0.0829 e. The van der Waals surface area contributed by atoms with Gasteiger partial charge in [0.15, 0.2) is 0 Å². The molecule has 2 rings (SSSR count). The summed E-state index contributed by atoms with van der Waals surface area (Å²) in [6, 6.07) is 1.27. The lowest BCUT2D eigenvalue weighted by Gasteiger charge is -2.42. The molecule has 0 spiro atoms. The van der Waals surface area contributed by atoms with Crippen LogP contribution in [0.3, 0.4) is 0 Å². The van der Waals surface area contributed by atoms with Crippen LogP contribution in [0.15, 0.2) is 0 Å². The summed E-state index contributed by atoms with van der Waals surface area (Å²) >= 11 is 0. The molecule has 0 aromatic carbocycles. The molecule has 1 N–H and O–H groups in total. The van der Waals surface area contributed by atoms with Gasteiger partial charge < -0.3 is 10.1 Å². The molecule has 2 saturated heterocycles. The van der Waals surface area contributed by atoms with Crippen molar-refractivity contribution in [2.45, 2.75) is 52.3 Å². The second-order valence-corrected chi connectivity index (χ2v) is 6.92. The Bertz CT molecular complexity index is 285. The average Bonchev–Trinajstić information content (AvgIpc) is 2.42. The summed E-state index contributed by atoms with van der Waals surface area (Å²) in [5.74, 6) is 0.768. The van der Waals surface area contributed by atoms with Gasteiger partial charge in [-0.1, -0.05) is 20.8 Å². The zero-order valence-electron chi connectivity index (χ0n) is 13.8. The van der Waals surface area contributed by atoms with Gasteiger partial charge in [-0.15, -0.1) is 0 Å². The smallest absolute Gasteiger partial charge is 0.0829 e. The van der Waals surface area contributed by atoms with E-state index in [-0.39, 0.29) is 0 Å². The highest BCUT2D eigenvalue weighted by Crippen LogP contribution is 2.15. The number of piperazine rings is 1. The molecule has 0 bridgehead atoms. The highest BCUT2D eigenvalue weighted by Gasteiger charge is 2.29. The Balaban J connectivity index is 1.83. The Labute approximate surface area is 124 Å². The lowest BCUT2D eigenvalue weighted by atomic mass is 10.00. The van der Waals surface area contributed by atoms with E-state index in [4.69, 9.17) is 4.74 Å². The number of morpholine rings is 1. The third kappa shape index (κ3) is 4.69. The summed E-state index contributed by atoms with van der Waals surface area (Å²) in [5.41, 5.74) is 0. The first-order chi connectivity index (χ1) is 9.58. The monoisotopic (exact) mass is 283 g/mol. The van der Waals surface area contributed by atoms with Crippen molar-refractivity contribution >= 4 is 0 Å². The second-order valence-electron chi connectivity index (χ2n) is 6.92. The van der Waals surface area contributed by atoms with Gasteiger partial charge >= 0.3 is 0 Å². The van der Waals surface area contributed by atoms with Gasteiger partial charge in [0.1, 0.15) is 0 Å². The SMILES string of the molecule is CCN1CCOC(CN2CC(CC(C)C)NCC2C)C1. The number of hydrogen-bond acceptors (Lipinski definition) is 4. The van der Waals surface area contributed by atoms with E-state index in [2.05, 4.69) is 42.8 Å². The second kappa shape index (κ2) is 7.74. The maximum absolute atomic E-state index is 5.97. The normalized spacial score (nSPS) is 33.8. The van der Waals surface area contributed by atoms with Crippen molar-refractivity contribution in [1.82, 2.24) is 15.1 Å². The van der Waals surface area contributed by atoms with Gasteiger partial charge in [-0.2, -0.15) is 0 Å². The van der Waals surface area contributed by atoms with Crippen LogP contribution in [0.4, 0.5) is 0 Å². The number of hydrogen-bond donors (Lipinski definition) is 1. The van der Waals surface area contributed by atoms with Crippen molar-refractivity contribution in [3.63, 3.8) is 0 Å². The summed E-state index contributed by atoms with van der Waals surface area (Å²) in [5, 5.41) is 3.69. The molecule has 3 atom stereocenters. The van der Waals surface area contributed by atoms with Gasteiger partial charge in [0.05, 0.1) is 12.7 Å². The van der Waals surface area contributed by atoms with Crippen molar-refractivity contribution in [2.24, 2.45) is 5.92 Å². The lowest BCUT2D eigenvalue weighted by molar-refractivity contribution is -0.0510. The van der Waals surface area contributed by atoms with Crippen LogP contribution in [0, 0.1) is 5.92 Å². The van der Waals surface area contributed by atoms with Crippen molar-refractivity contribution < 1.29 is 4.74 Å². The molecule has 3 unspecified atom stereocenters. The molecule has 0 amide bonds. The summed E-state index contributed by atoms with van der Waals surface area (Å²) < 4.78 is 5.97. The van der Waals surface area contributed by atoms with Crippen molar-refractivity contribution in [1.29, 1.82) is 0 Å². The van der Waals surface area contributed by atoms with E-state index < -0.39 is 0 Å². The van der Waals surface area contributed by atoms with E-state index in [0.717, 1.165) is 45.2 Å². The molecular weight excluding hydrogens is 250 g/mol. The lowest BCUT2D eigenvalue weighted by Crippen LogP contribution is -2.58. The highest BCUT2D eigenvalue weighted by molar-refractivity contribution is 4.86. The van der Waals surface area contributed by atoms with Crippen LogP contribution in [0.1, 0.15) is 34.1 Å². The predicted octanol–water partition coefficient (Wildman–Crippen LogP) is 1.42. The van der Waals surface area contributed by atoms with Crippen LogP contribution in [-0.2, 0) is 4.74 Å². The van der Waals surface area contributed by atoms with E-state index in [1.54, 1.807) is 0 Å². The fraction of sp³-hybridized carbons (Fsp3) is 1.00. The molecular formula is C16H33N3O. The quantitative estimate of drug-likeness (QED) is 0.826. The minimum absolute atomic E-state index is 0.393. The molecule has 2 aliphatic heterocycles. The Morgan fingerprint density at radius 1 is 1.30 bits per heavy atom. The molecule has 4 heteroatoms. The molecule has 0 aromatic rings. The van der Waals surface area contributed by atoms with Crippen LogP contribution >= 0.6 is 0 Å². The van der Waals surface area contributed by atoms with Gasteiger partial charge in [-0.25, -0.2) is 0 Å². The Morgan fingerprint density at radius 3 is 2.80 bits per heavy atom. The minimum Gasteiger partial charge on any atom is -0.374 e. The van der Waals surface area contributed by atoms with Crippen LogP contribution in [0.5, 0.6) is 0 Å². The van der Waals surface area contributed by atoms with Crippen LogP contribution in [0.25, 0.3) is 0 Å². The third-order valence-electron chi connectivity index (χ3n) is 4.64. The average molecular weight is 283 g/mol. The summed E-state index contributed by atoms with van der Waals surface area (Å²) in [4.78, 5) is 5.14. The van der Waals surface area contributed by atoms with Crippen LogP contribution in [-0.4, -0.2) is 73.9 Å². The van der Waals surface area contributed by atoms with E-state index in [0.29, 0.717) is 18.2 Å². The number of ether oxygens (including phenoxy) is 1. The van der Waals surface area contributed by atoms with Crippen molar-refractivity contribution in [3.05, 3.63) is 0 Å². The topological polar surface area (TPSA) is 27.7 Å². The molecule has 2 fully saturated rings. The Morgan fingerprint density at radius 2 is 2.10 bits per heavy atom. The van der Waals surface area contributed by atoms with Gasteiger partial charge in [-0.05, 0) is 25.8 Å². The van der Waals surface area contributed by atoms with Gasteiger partial charge in [-0.3, -0.25) is 9.80 Å². The molecule has 0 saturated carbocycles. The zero-order valence-corrected chi connectivity index (χ0v) is 13.8. The summed E-state index contributed by atoms with van der Waals surface area (Å²) in [7, 11) is 0. The molecule has 2 aliphatic rings. The first-order valence-corrected chi connectivity index (χ1v) is 8.39. The van der Waals surface area contributed by atoms with Crippen LogP contribution in [0.2, 0.25) is 0 Å². The standard InChI is InChI=1S/C16H33N3O/c1-5-18-6-7-20-16(11-18)12-19-10-15(8-13(2)3)17-9-14(19)4/h13-17H,5-12H2,1-4H3. The van der Waals surface area contributed by atoms with E-state index in [9.17, 15) is 0 Å². The maximum atomic E-state index is 5.97. The van der Waals surface area contributed by atoms with Crippen LogP contribution < -0.4 is 5.32 Å². The number of rotatable bonds is 5. The largest absolute Gasteiger partial charge is 0.374 e. The van der Waals surface area contributed by atoms with E-state index in [1.165, 1.54) is 13.0 Å². The zero-order chi connectivity index (χ0) is 14.5. The molecule has 20 heavy (non-hydrogen) atoms. The van der Waals surface area contributed by atoms with Gasteiger partial charge in [0, 0.05) is 44.8 Å². The predicted molar refractivity (Wildman–Crippen MR) is 84.1 cm³/mol. The fourth-order valence-electron chi connectivity index (χ4n) is 3.41. The number of nitrogens with zero attached hydrogens (tertiary/aromatic N) is 2. The molecule has 0 aromatic heterocycles. The summed E-state index contributed by atoms with van der Waals surface area (Å²) in [6.45, 7) is 16.8. The van der Waals surface area contributed by atoms with Crippen molar-refractivity contribution in [2.75, 3.05) is 45.9 Å². The minimum atomic E-state index is 0.393. The fourth-order valence-corrected chi connectivity index (χ4v) is 3.41.